The van der Waals surface area contributed by atoms with Crippen molar-refractivity contribution in [3.05, 3.63) is 39.1 Å². The van der Waals surface area contributed by atoms with E-state index in [-0.39, 0.29) is 4.21 Å². The third-order valence-corrected chi connectivity index (χ3v) is 5.54. The zero-order valence-corrected chi connectivity index (χ0v) is 12.0. The summed E-state index contributed by atoms with van der Waals surface area (Å²) in [6, 6.07) is 4.88. The molecule has 2 aromatic rings. The molecule has 102 valence electrons. The number of hydrogen-bond acceptors (Lipinski definition) is 5. The van der Waals surface area contributed by atoms with Crippen molar-refractivity contribution in [1.29, 1.82) is 0 Å². The van der Waals surface area contributed by atoms with E-state index >= 15 is 0 Å². The Balaban J connectivity index is 2.39. The number of nitrogens with one attached hydrogen (secondary N) is 2. The molecule has 0 saturated heterocycles. The van der Waals surface area contributed by atoms with Crippen molar-refractivity contribution in [3.8, 4) is 0 Å². The number of nitrogen functional groups attached to an aromatic ring is 1. The molecule has 0 saturated carbocycles. The Morgan fingerprint density at radius 1 is 1.32 bits per heavy atom. The lowest BCUT2D eigenvalue weighted by atomic mass is 10.2. The van der Waals surface area contributed by atoms with E-state index in [1.54, 1.807) is 12.1 Å². The maximum Gasteiger partial charge on any atom is 0.306 e. The molecule has 6 nitrogen and oxygen atoms in total. The summed E-state index contributed by atoms with van der Waals surface area (Å²) in [6.07, 6.45) is 0. The Hall–Kier alpha value is -1.80. The molecule has 4 N–H and O–H groups in total. The van der Waals surface area contributed by atoms with Crippen LogP contribution in [0.2, 0.25) is 0 Å². The first kappa shape index (κ1) is 13.6. The van der Waals surface area contributed by atoms with E-state index in [0.29, 0.717) is 28.4 Å². The van der Waals surface area contributed by atoms with Gasteiger partial charge in [-0.05, 0) is 31.5 Å². The standard InChI is InChI=1S/C11H13N3O3S2/c1-6-3-4-8(5-9(6)12)14-19(16,17)10-7(2)13-11(15)18-10/h3-5,14H,12H2,1-2H3,(H,13,15). The summed E-state index contributed by atoms with van der Waals surface area (Å²) in [4.78, 5) is 13.2. The Bertz CT molecular complexity index is 775. The summed E-state index contributed by atoms with van der Waals surface area (Å²) >= 11 is 0.655. The number of thiazole rings is 1. The maximum atomic E-state index is 12.1. The minimum absolute atomic E-state index is 0.0170. The Morgan fingerprint density at radius 3 is 2.53 bits per heavy atom. The van der Waals surface area contributed by atoms with Crippen molar-refractivity contribution >= 4 is 32.7 Å². The molecular weight excluding hydrogens is 286 g/mol. The Kier molecular flexibility index (Phi) is 3.38. The number of hydrogen-bond donors (Lipinski definition) is 3. The minimum atomic E-state index is -3.77. The third-order valence-electron chi connectivity index (χ3n) is 2.56. The zero-order valence-electron chi connectivity index (χ0n) is 10.4. The Labute approximate surface area is 114 Å². The van der Waals surface area contributed by atoms with Gasteiger partial charge >= 0.3 is 4.87 Å². The third kappa shape index (κ3) is 2.79. The van der Waals surface area contributed by atoms with Crippen LogP contribution in [-0.4, -0.2) is 13.4 Å². The average molecular weight is 299 g/mol. The summed E-state index contributed by atoms with van der Waals surface area (Å²) < 4.78 is 26.6. The summed E-state index contributed by atoms with van der Waals surface area (Å²) in [5, 5.41) is 0. The van der Waals surface area contributed by atoms with Gasteiger partial charge in [0.15, 0.2) is 4.21 Å². The fourth-order valence-corrected chi connectivity index (χ4v) is 3.90. The van der Waals surface area contributed by atoms with Crippen LogP contribution < -0.4 is 15.3 Å². The van der Waals surface area contributed by atoms with Crippen LogP contribution in [0.5, 0.6) is 0 Å². The van der Waals surface area contributed by atoms with Crippen LogP contribution in [0.3, 0.4) is 0 Å². The van der Waals surface area contributed by atoms with E-state index in [1.807, 2.05) is 6.92 Å². The number of benzene rings is 1. The van der Waals surface area contributed by atoms with Crippen molar-refractivity contribution in [2.75, 3.05) is 10.5 Å². The second kappa shape index (κ2) is 4.71. The lowest BCUT2D eigenvalue weighted by Crippen LogP contribution is -2.13. The van der Waals surface area contributed by atoms with Gasteiger partial charge in [-0.2, -0.15) is 0 Å². The molecule has 0 atom stereocenters. The largest absolute Gasteiger partial charge is 0.398 e. The summed E-state index contributed by atoms with van der Waals surface area (Å²) in [5.41, 5.74) is 7.78. The lowest BCUT2D eigenvalue weighted by molar-refractivity contribution is 0.602. The number of rotatable bonds is 3. The molecule has 0 spiro atoms. The SMILES string of the molecule is Cc1ccc(NS(=O)(=O)c2sc(=O)[nH]c2C)cc1N. The van der Waals surface area contributed by atoms with Crippen LogP contribution in [-0.2, 0) is 10.0 Å². The molecule has 0 bridgehead atoms. The lowest BCUT2D eigenvalue weighted by Gasteiger charge is -2.08. The number of aromatic nitrogens is 1. The van der Waals surface area contributed by atoms with Gasteiger partial charge in [-0.3, -0.25) is 9.52 Å². The number of H-pyrrole nitrogens is 1. The van der Waals surface area contributed by atoms with Gasteiger partial charge in [-0.1, -0.05) is 17.4 Å². The fourth-order valence-electron chi connectivity index (χ4n) is 1.55. The summed E-state index contributed by atoms with van der Waals surface area (Å²) in [7, 11) is -3.77. The first-order valence-electron chi connectivity index (χ1n) is 5.38. The van der Waals surface area contributed by atoms with Crippen molar-refractivity contribution < 1.29 is 8.42 Å². The Morgan fingerprint density at radius 2 is 2.00 bits per heavy atom. The van der Waals surface area contributed by atoms with Gasteiger partial charge in [-0.15, -0.1) is 0 Å². The van der Waals surface area contributed by atoms with E-state index in [2.05, 4.69) is 9.71 Å². The topological polar surface area (TPSA) is 105 Å². The minimum Gasteiger partial charge on any atom is -0.398 e. The molecule has 0 radical (unpaired) electrons. The van der Waals surface area contributed by atoms with Crippen molar-refractivity contribution in [2.24, 2.45) is 0 Å². The van der Waals surface area contributed by atoms with E-state index < -0.39 is 14.9 Å². The number of aromatic amines is 1. The van der Waals surface area contributed by atoms with Crippen molar-refractivity contribution in [3.63, 3.8) is 0 Å². The van der Waals surface area contributed by atoms with Gasteiger partial charge in [0.05, 0.1) is 5.69 Å². The predicted molar refractivity (Wildman–Crippen MR) is 76.1 cm³/mol. The zero-order chi connectivity index (χ0) is 14.2. The van der Waals surface area contributed by atoms with E-state index in [1.165, 1.54) is 13.0 Å². The van der Waals surface area contributed by atoms with Crippen molar-refractivity contribution in [1.82, 2.24) is 4.98 Å². The molecule has 1 heterocycles. The van der Waals surface area contributed by atoms with Crippen LogP contribution in [0.15, 0.2) is 27.2 Å². The number of aryl methyl sites for hydroxylation is 2. The monoisotopic (exact) mass is 299 g/mol. The quantitative estimate of drug-likeness (QED) is 0.746. The molecule has 0 unspecified atom stereocenters. The van der Waals surface area contributed by atoms with Crippen LogP contribution in [0, 0.1) is 13.8 Å². The number of anilines is 2. The maximum absolute atomic E-state index is 12.1. The summed E-state index contributed by atoms with van der Waals surface area (Å²) in [5.74, 6) is 0. The molecule has 1 aromatic carbocycles. The number of nitrogens with two attached hydrogens (primary N) is 1. The highest BCUT2D eigenvalue weighted by Crippen LogP contribution is 2.22. The highest BCUT2D eigenvalue weighted by Gasteiger charge is 2.20. The molecule has 8 heteroatoms. The fraction of sp³-hybridized carbons (Fsp3) is 0.182. The van der Waals surface area contributed by atoms with Crippen LogP contribution in [0.25, 0.3) is 0 Å². The van der Waals surface area contributed by atoms with Crippen LogP contribution in [0.1, 0.15) is 11.3 Å². The molecule has 19 heavy (non-hydrogen) atoms. The normalized spacial score (nSPS) is 11.5. The molecule has 0 aliphatic carbocycles. The number of sulfonamides is 1. The van der Waals surface area contributed by atoms with Crippen LogP contribution >= 0.6 is 11.3 Å². The van der Waals surface area contributed by atoms with Gasteiger partial charge < -0.3 is 10.7 Å². The van der Waals surface area contributed by atoms with Gasteiger partial charge in [0.25, 0.3) is 10.0 Å². The molecule has 0 fully saturated rings. The molecule has 1 aromatic heterocycles. The second-order valence-electron chi connectivity index (χ2n) is 4.10. The smallest absolute Gasteiger partial charge is 0.306 e. The first-order valence-corrected chi connectivity index (χ1v) is 7.68. The average Bonchev–Trinajstić information content (AvgIpc) is 2.63. The van der Waals surface area contributed by atoms with Crippen molar-refractivity contribution in [2.45, 2.75) is 18.1 Å². The predicted octanol–water partition coefficient (Wildman–Crippen LogP) is 1.44. The first-order chi connectivity index (χ1) is 8.79. The second-order valence-corrected chi connectivity index (χ2v) is 6.96. The van der Waals surface area contributed by atoms with E-state index in [4.69, 9.17) is 5.73 Å². The molecule has 0 amide bonds. The van der Waals surface area contributed by atoms with Gasteiger partial charge in [0, 0.05) is 11.4 Å². The van der Waals surface area contributed by atoms with Crippen LogP contribution in [0.4, 0.5) is 11.4 Å². The van der Waals surface area contributed by atoms with E-state index in [0.717, 1.165) is 5.56 Å². The molecule has 0 aliphatic rings. The molecule has 2 rings (SSSR count). The molecular formula is C11H13N3O3S2. The summed E-state index contributed by atoms with van der Waals surface area (Å²) in [6.45, 7) is 3.37. The molecule has 0 aliphatic heterocycles. The van der Waals surface area contributed by atoms with Gasteiger partial charge in [0.2, 0.25) is 0 Å². The van der Waals surface area contributed by atoms with E-state index in [9.17, 15) is 13.2 Å². The highest BCUT2D eigenvalue weighted by atomic mass is 32.2. The highest BCUT2D eigenvalue weighted by molar-refractivity contribution is 7.94. The van der Waals surface area contributed by atoms with Gasteiger partial charge in [0.1, 0.15) is 0 Å². The van der Waals surface area contributed by atoms with Gasteiger partial charge in [-0.25, -0.2) is 8.42 Å².